The molecular formula is C13H17FN2O3. The van der Waals surface area contributed by atoms with E-state index in [0.29, 0.717) is 5.69 Å². The van der Waals surface area contributed by atoms with E-state index >= 15 is 0 Å². The second kappa shape index (κ2) is 6.17. The molecule has 0 unspecified atom stereocenters. The van der Waals surface area contributed by atoms with E-state index in [0.717, 1.165) is 0 Å². The van der Waals surface area contributed by atoms with Crippen molar-refractivity contribution >= 4 is 17.7 Å². The van der Waals surface area contributed by atoms with Gasteiger partial charge in [-0.3, -0.25) is 4.79 Å². The number of nitrogens with one attached hydrogen (secondary N) is 2. The van der Waals surface area contributed by atoms with E-state index in [2.05, 4.69) is 10.6 Å². The van der Waals surface area contributed by atoms with Gasteiger partial charge in [-0.15, -0.1) is 0 Å². The lowest BCUT2D eigenvalue weighted by Crippen LogP contribution is -2.36. The van der Waals surface area contributed by atoms with Gasteiger partial charge < -0.3 is 15.4 Å². The van der Waals surface area contributed by atoms with Crippen LogP contribution in [0.25, 0.3) is 0 Å². The van der Waals surface area contributed by atoms with Gasteiger partial charge in [-0.25, -0.2) is 9.18 Å². The van der Waals surface area contributed by atoms with Gasteiger partial charge >= 0.3 is 12.0 Å². The number of amides is 2. The van der Waals surface area contributed by atoms with Crippen LogP contribution in [0.15, 0.2) is 24.3 Å². The highest BCUT2D eigenvalue weighted by molar-refractivity contribution is 5.91. The molecule has 0 radical (unpaired) electrons. The second-order valence-corrected chi connectivity index (χ2v) is 4.90. The molecule has 0 bridgehead atoms. The molecule has 0 saturated carbocycles. The van der Waals surface area contributed by atoms with Gasteiger partial charge in [0.05, 0.1) is 0 Å². The first-order valence-corrected chi connectivity index (χ1v) is 5.78. The third kappa shape index (κ3) is 6.40. The number of urea groups is 1. The quantitative estimate of drug-likeness (QED) is 0.826. The van der Waals surface area contributed by atoms with Crippen LogP contribution in [0.4, 0.5) is 14.9 Å². The zero-order chi connectivity index (χ0) is 14.5. The van der Waals surface area contributed by atoms with Crippen LogP contribution in [-0.4, -0.2) is 24.1 Å². The van der Waals surface area contributed by atoms with E-state index in [9.17, 15) is 14.0 Å². The third-order valence-corrected chi connectivity index (χ3v) is 1.92. The van der Waals surface area contributed by atoms with E-state index in [4.69, 9.17) is 4.74 Å². The molecule has 2 amide bonds. The molecule has 2 N–H and O–H groups in total. The summed E-state index contributed by atoms with van der Waals surface area (Å²) in [5.74, 6) is -0.915. The summed E-state index contributed by atoms with van der Waals surface area (Å²) in [6.45, 7) is 4.99. The summed E-state index contributed by atoms with van der Waals surface area (Å²) < 4.78 is 17.7. The summed E-state index contributed by atoms with van der Waals surface area (Å²) in [6.07, 6.45) is 0. The molecule has 1 rings (SSSR count). The molecule has 1 aromatic rings. The molecule has 0 atom stereocenters. The molecule has 1 aromatic carbocycles. The minimum Gasteiger partial charge on any atom is -0.459 e. The van der Waals surface area contributed by atoms with Gasteiger partial charge in [-0.1, -0.05) is 0 Å². The maximum Gasteiger partial charge on any atom is 0.325 e. The molecule has 0 aliphatic rings. The minimum absolute atomic E-state index is 0.232. The van der Waals surface area contributed by atoms with Crippen LogP contribution in [-0.2, 0) is 9.53 Å². The van der Waals surface area contributed by atoms with Crippen molar-refractivity contribution < 1.29 is 18.7 Å². The molecule has 0 aliphatic heterocycles. The normalized spacial score (nSPS) is 10.7. The highest BCUT2D eigenvalue weighted by Gasteiger charge is 2.16. The van der Waals surface area contributed by atoms with Crippen molar-refractivity contribution in [2.45, 2.75) is 26.4 Å². The molecule has 0 aliphatic carbocycles. The van der Waals surface area contributed by atoms with Gasteiger partial charge in [0.25, 0.3) is 0 Å². The summed E-state index contributed by atoms with van der Waals surface area (Å²) in [5, 5.41) is 4.81. The Hall–Kier alpha value is -2.11. The number of ether oxygens (including phenoxy) is 1. The summed E-state index contributed by atoms with van der Waals surface area (Å²) >= 11 is 0. The van der Waals surface area contributed by atoms with Crippen molar-refractivity contribution in [2.24, 2.45) is 0 Å². The fourth-order valence-electron chi connectivity index (χ4n) is 1.24. The van der Waals surface area contributed by atoms with E-state index in [1.807, 2.05) is 0 Å². The molecule has 0 aromatic heterocycles. The monoisotopic (exact) mass is 268 g/mol. The van der Waals surface area contributed by atoms with Crippen LogP contribution >= 0.6 is 0 Å². The van der Waals surface area contributed by atoms with Crippen LogP contribution in [0.3, 0.4) is 0 Å². The Labute approximate surface area is 111 Å². The number of hydrogen-bond donors (Lipinski definition) is 2. The van der Waals surface area contributed by atoms with Crippen LogP contribution in [0.1, 0.15) is 20.8 Å². The second-order valence-electron chi connectivity index (χ2n) is 4.90. The van der Waals surface area contributed by atoms with Gasteiger partial charge in [0.1, 0.15) is 18.0 Å². The first-order valence-electron chi connectivity index (χ1n) is 5.78. The number of carbonyl (C=O) groups excluding carboxylic acids is 2. The number of halogens is 1. The van der Waals surface area contributed by atoms with Crippen molar-refractivity contribution in [1.82, 2.24) is 5.32 Å². The predicted molar refractivity (Wildman–Crippen MR) is 69.3 cm³/mol. The maximum absolute atomic E-state index is 12.6. The lowest BCUT2D eigenvalue weighted by molar-refractivity contribution is -0.153. The van der Waals surface area contributed by atoms with E-state index in [1.54, 1.807) is 20.8 Å². The van der Waals surface area contributed by atoms with Crippen molar-refractivity contribution in [3.8, 4) is 0 Å². The van der Waals surface area contributed by atoms with Crippen molar-refractivity contribution in [3.05, 3.63) is 30.1 Å². The molecule has 0 heterocycles. The largest absolute Gasteiger partial charge is 0.459 e. The Balaban J connectivity index is 2.36. The molecule has 104 valence electrons. The molecule has 6 heteroatoms. The summed E-state index contributed by atoms with van der Waals surface area (Å²) in [4.78, 5) is 22.8. The Kier molecular flexibility index (Phi) is 4.86. The SMILES string of the molecule is CC(C)(C)OC(=O)CNC(=O)Nc1ccc(F)cc1. The fourth-order valence-corrected chi connectivity index (χ4v) is 1.24. The average molecular weight is 268 g/mol. The summed E-state index contributed by atoms with van der Waals surface area (Å²) in [5.41, 5.74) is -0.158. The molecule has 5 nitrogen and oxygen atoms in total. The fraction of sp³-hybridized carbons (Fsp3) is 0.385. The van der Waals surface area contributed by atoms with Crippen molar-refractivity contribution in [3.63, 3.8) is 0 Å². The standard InChI is InChI=1S/C13H17FN2O3/c1-13(2,3)19-11(17)8-15-12(18)16-10-6-4-9(14)5-7-10/h4-7H,8H2,1-3H3,(H2,15,16,18). The van der Waals surface area contributed by atoms with Crippen LogP contribution < -0.4 is 10.6 Å². The Morgan fingerprint density at radius 3 is 2.32 bits per heavy atom. The number of esters is 1. The number of hydrogen-bond acceptors (Lipinski definition) is 3. The smallest absolute Gasteiger partial charge is 0.325 e. The highest BCUT2D eigenvalue weighted by atomic mass is 19.1. The number of benzene rings is 1. The van der Waals surface area contributed by atoms with Crippen LogP contribution in [0.5, 0.6) is 0 Å². The molecule has 0 saturated heterocycles. The van der Waals surface area contributed by atoms with Crippen molar-refractivity contribution in [1.29, 1.82) is 0 Å². The number of rotatable bonds is 3. The lowest BCUT2D eigenvalue weighted by atomic mass is 10.2. The number of carbonyl (C=O) groups is 2. The van der Waals surface area contributed by atoms with Crippen LogP contribution in [0.2, 0.25) is 0 Å². The summed E-state index contributed by atoms with van der Waals surface area (Å²) in [6, 6.07) is 4.73. The van der Waals surface area contributed by atoms with Crippen molar-refractivity contribution in [2.75, 3.05) is 11.9 Å². The average Bonchev–Trinajstić information content (AvgIpc) is 2.27. The van der Waals surface area contributed by atoms with E-state index in [-0.39, 0.29) is 12.4 Å². The number of anilines is 1. The maximum atomic E-state index is 12.6. The third-order valence-electron chi connectivity index (χ3n) is 1.92. The lowest BCUT2D eigenvalue weighted by Gasteiger charge is -2.19. The van der Waals surface area contributed by atoms with Gasteiger partial charge in [0, 0.05) is 5.69 Å². The molecule has 19 heavy (non-hydrogen) atoms. The van der Waals surface area contributed by atoms with E-state index < -0.39 is 17.6 Å². The first kappa shape index (κ1) is 14.9. The molecule has 0 spiro atoms. The molecular weight excluding hydrogens is 251 g/mol. The van der Waals surface area contributed by atoms with Gasteiger partial charge in [0.2, 0.25) is 0 Å². The van der Waals surface area contributed by atoms with Gasteiger partial charge in [-0.2, -0.15) is 0 Å². The Morgan fingerprint density at radius 2 is 1.79 bits per heavy atom. The highest BCUT2D eigenvalue weighted by Crippen LogP contribution is 2.08. The Bertz CT molecular complexity index is 452. The van der Waals surface area contributed by atoms with Gasteiger partial charge in [0.15, 0.2) is 0 Å². The van der Waals surface area contributed by atoms with E-state index in [1.165, 1.54) is 24.3 Å². The molecule has 0 fully saturated rings. The first-order chi connectivity index (χ1) is 8.76. The topological polar surface area (TPSA) is 67.4 Å². The van der Waals surface area contributed by atoms with Gasteiger partial charge in [-0.05, 0) is 45.0 Å². The zero-order valence-corrected chi connectivity index (χ0v) is 11.1. The Morgan fingerprint density at radius 1 is 1.21 bits per heavy atom. The zero-order valence-electron chi connectivity index (χ0n) is 11.1. The summed E-state index contributed by atoms with van der Waals surface area (Å²) in [7, 11) is 0. The predicted octanol–water partition coefficient (Wildman–Crippen LogP) is 2.29. The van der Waals surface area contributed by atoms with Crippen LogP contribution in [0, 0.1) is 5.82 Å². The minimum atomic E-state index is -0.591.